The maximum atomic E-state index is 13.8. The molecule has 7 nitrogen and oxygen atoms in total. The maximum Gasteiger partial charge on any atom is 0.274 e. The van der Waals surface area contributed by atoms with E-state index >= 15 is 0 Å². The molecule has 2 aliphatic rings. The van der Waals surface area contributed by atoms with Gasteiger partial charge in [-0.25, -0.2) is 4.68 Å². The SMILES string of the molecule is O=C(CC1CC1)c1cc2c(s1)-c1ccccc1N(C(=O)c1ccc(NC(=O)c3ccnn3-c3ccccc3)cc1)CC2. The van der Waals surface area contributed by atoms with Crippen molar-refractivity contribution < 1.29 is 14.4 Å². The van der Waals surface area contributed by atoms with E-state index in [1.165, 1.54) is 0 Å². The van der Waals surface area contributed by atoms with Gasteiger partial charge in [-0.3, -0.25) is 14.4 Å². The summed E-state index contributed by atoms with van der Waals surface area (Å²) in [6, 6.07) is 28.1. The van der Waals surface area contributed by atoms with Gasteiger partial charge in [0.25, 0.3) is 11.8 Å². The molecule has 0 radical (unpaired) electrons. The molecule has 208 valence electrons. The number of aromatic nitrogens is 2. The van der Waals surface area contributed by atoms with Gasteiger partial charge in [-0.2, -0.15) is 5.10 Å². The number of nitrogens with zero attached hydrogens (tertiary/aromatic N) is 3. The number of Topliss-reactive ketones (excluding diaryl/α,β-unsaturated/α-hetero) is 1. The number of hydrogen-bond donors (Lipinski definition) is 1. The molecule has 0 saturated heterocycles. The Morgan fingerprint density at radius 3 is 2.45 bits per heavy atom. The molecular weight excluding hydrogens is 544 g/mol. The highest BCUT2D eigenvalue weighted by atomic mass is 32.1. The summed E-state index contributed by atoms with van der Waals surface area (Å²) >= 11 is 1.55. The van der Waals surface area contributed by atoms with Crippen LogP contribution >= 0.6 is 11.3 Å². The Hall–Kier alpha value is -4.82. The van der Waals surface area contributed by atoms with Crippen molar-refractivity contribution in [1.82, 2.24) is 9.78 Å². The summed E-state index contributed by atoms with van der Waals surface area (Å²) in [5, 5.41) is 7.21. The highest BCUT2D eigenvalue weighted by Crippen LogP contribution is 2.43. The van der Waals surface area contributed by atoms with E-state index in [2.05, 4.69) is 10.4 Å². The Morgan fingerprint density at radius 2 is 1.67 bits per heavy atom. The number of hydrogen-bond acceptors (Lipinski definition) is 5. The van der Waals surface area contributed by atoms with Crippen molar-refractivity contribution in [3.63, 3.8) is 0 Å². The van der Waals surface area contributed by atoms with Crippen LogP contribution in [0.3, 0.4) is 0 Å². The zero-order valence-electron chi connectivity index (χ0n) is 22.8. The summed E-state index contributed by atoms with van der Waals surface area (Å²) in [4.78, 5) is 43.4. The predicted octanol–water partition coefficient (Wildman–Crippen LogP) is 7.04. The van der Waals surface area contributed by atoms with Gasteiger partial charge in [0, 0.05) is 34.7 Å². The minimum atomic E-state index is -0.294. The van der Waals surface area contributed by atoms with E-state index in [4.69, 9.17) is 0 Å². The highest BCUT2D eigenvalue weighted by Gasteiger charge is 2.29. The van der Waals surface area contributed by atoms with Gasteiger partial charge >= 0.3 is 0 Å². The molecule has 7 rings (SSSR count). The first-order valence-electron chi connectivity index (χ1n) is 14.1. The van der Waals surface area contributed by atoms with Crippen LogP contribution in [0.5, 0.6) is 0 Å². The largest absolute Gasteiger partial charge is 0.321 e. The van der Waals surface area contributed by atoms with Gasteiger partial charge in [0.1, 0.15) is 5.69 Å². The van der Waals surface area contributed by atoms with Crippen LogP contribution in [-0.4, -0.2) is 33.9 Å². The topological polar surface area (TPSA) is 84.3 Å². The van der Waals surface area contributed by atoms with Crippen molar-refractivity contribution >= 4 is 40.3 Å². The molecule has 5 aromatic rings. The van der Waals surface area contributed by atoms with Gasteiger partial charge in [-0.15, -0.1) is 11.3 Å². The quantitative estimate of drug-likeness (QED) is 0.212. The lowest BCUT2D eigenvalue weighted by Crippen LogP contribution is -2.32. The average molecular weight is 573 g/mol. The molecule has 1 aliphatic heterocycles. The van der Waals surface area contributed by atoms with Crippen LogP contribution in [0.4, 0.5) is 11.4 Å². The fourth-order valence-electron chi connectivity index (χ4n) is 5.43. The van der Waals surface area contributed by atoms with Crippen molar-refractivity contribution in [1.29, 1.82) is 0 Å². The van der Waals surface area contributed by atoms with E-state index in [0.717, 1.165) is 45.1 Å². The van der Waals surface area contributed by atoms with Crippen LogP contribution in [-0.2, 0) is 6.42 Å². The molecule has 3 heterocycles. The van der Waals surface area contributed by atoms with Crippen molar-refractivity contribution in [2.75, 3.05) is 16.8 Å². The zero-order chi connectivity index (χ0) is 28.6. The molecule has 8 heteroatoms. The van der Waals surface area contributed by atoms with Crippen LogP contribution in [0.1, 0.15) is 55.3 Å². The monoisotopic (exact) mass is 572 g/mol. The summed E-state index contributed by atoms with van der Waals surface area (Å²) in [6.45, 7) is 0.512. The van der Waals surface area contributed by atoms with Crippen molar-refractivity contribution in [2.45, 2.75) is 25.7 Å². The number of thiophene rings is 1. The number of amides is 2. The van der Waals surface area contributed by atoms with E-state index in [1.807, 2.05) is 65.6 Å². The van der Waals surface area contributed by atoms with E-state index in [1.54, 1.807) is 52.5 Å². The third-order valence-corrected chi connectivity index (χ3v) is 9.06. The average Bonchev–Trinajstić information content (AvgIpc) is 3.55. The van der Waals surface area contributed by atoms with Crippen LogP contribution in [0.2, 0.25) is 0 Å². The molecule has 1 N–H and O–H groups in total. The number of nitrogens with one attached hydrogen (secondary N) is 1. The molecule has 0 spiro atoms. The summed E-state index contributed by atoms with van der Waals surface area (Å²) < 4.78 is 1.59. The smallest absolute Gasteiger partial charge is 0.274 e. The zero-order valence-corrected chi connectivity index (χ0v) is 23.6. The van der Waals surface area contributed by atoms with Gasteiger partial charge in [0.2, 0.25) is 0 Å². The molecule has 3 aromatic carbocycles. The number of anilines is 2. The highest BCUT2D eigenvalue weighted by molar-refractivity contribution is 7.17. The summed E-state index contributed by atoms with van der Waals surface area (Å²) in [5.41, 5.74) is 5.26. The van der Waals surface area contributed by atoms with E-state index < -0.39 is 0 Å². The van der Waals surface area contributed by atoms with Crippen molar-refractivity contribution in [3.05, 3.63) is 119 Å². The number of carbonyl (C=O) groups is 3. The van der Waals surface area contributed by atoms with E-state index in [0.29, 0.717) is 42.2 Å². The predicted molar refractivity (Wildman–Crippen MR) is 165 cm³/mol. The fraction of sp³-hybridized carbons (Fsp3) is 0.176. The molecule has 42 heavy (non-hydrogen) atoms. The lowest BCUT2D eigenvalue weighted by Gasteiger charge is -2.23. The number of para-hydroxylation sites is 2. The van der Waals surface area contributed by atoms with Gasteiger partial charge in [0.05, 0.1) is 22.4 Å². The molecular formula is C34H28N4O3S. The van der Waals surface area contributed by atoms with Crippen LogP contribution in [0.25, 0.3) is 16.1 Å². The molecule has 1 fully saturated rings. The Balaban J connectivity index is 1.09. The van der Waals surface area contributed by atoms with Crippen molar-refractivity contribution in [3.8, 4) is 16.1 Å². The number of rotatable bonds is 7. The van der Waals surface area contributed by atoms with Crippen LogP contribution < -0.4 is 10.2 Å². The third-order valence-electron chi connectivity index (χ3n) is 7.81. The Morgan fingerprint density at radius 1 is 0.905 bits per heavy atom. The number of ketones is 1. The lowest BCUT2D eigenvalue weighted by atomic mass is 10.1. The summed E-state index contributed by atoms with van der Waals surface area (Å²) in [7, 11) is 0. The molecule has 1 saturated carbocycles. The normalized spacial score (nSPS) is 14.0. The van der Waals surface area contributed by atoms with Crippen LogP contribution in [0.15, 0.2) is 97.2 Å². The molecule has 0 atom stereocenters. The summed E-state index contributed by atoms with van der Waals surface area (Å²) in [5.74, 6) is 0.385. The second-order valence-corrected chi connectivity index (χ2v) is 11.8. The number of benzene rings is 3. The van der Waals surface area contributed by atoms with Gasteiger partial charge < -0.3 is 10.2 Å². The number of fused-ring (bicyclic) bond motifs is 3. The Labute approximate surface area is 247 Å². The maximum absolute atomic E-state index is 13.8. The number of carbonyl (C=O) groups excluding carboxylic acids is 3. The first-order valence-corrected chi connectivity index (χ1v) is 14.9. The minimum absolute atomic E-state index is 0.109. The standard InChI is InChI=1S/C34H28N4O3S/c39-30(20-22-10-11-22)31-21-24-17-19-37(28-9-5-4-8-27(28)32(24)42-31)34(41)23-12-14-25(15-13-23)36-33(40)29-16-18-35-38(29)26-6-2-1-3-7-26/h1-9,12-16,18,21-22H,10-11,17,19-20H2,(H,36,40). The first-order chi connectivity index (χ1) is 20.5. The van der Waals surface area contributed by atoms with Gasteiger partial charge in [-0.1, -0.05) is 36.4 Å². The molecule has 2 amide bonds. The van der Waals surface area contributed by atoms with Crippen molar-refractivity contribution in [2.24, 2.45) is 5.92 Å². The van der Waals surface area contributed by atoms with Gasteiger partial charge in [-0.05, 0) is 85.3 Å². The molecule has 2 aromatic heterocycles. The second-order valence-electron chi connectivity index (χ2n) is 10.8. The molecule has 1 aliphatic carbocycles. The first kappa shape index (κ1) is 26.1. The minimum Gasteiger partial charge on any atom is -0.321 e. The molecule has 0 unspecified atom stereocenters. The molecule has 0 bridgehead atoms. The van der Waals surface area contributed by atoms with Crippen LogP contribution in [0, 0.1) is 5.92 Å². The fourth-order valence-corrected chi connectivity index (χ4v) is 6.62. The van der Waals surface area contributed by atoms with E-state index in [9.17, 15) is 14.4 Å². The third kappa shape index (κ3) is 5.05. The second kappa shape index (κ2) is 10.9. The van der Waals surface area contributed by atoms with Gasteiger partial charge in [0.15, 0.2) is 5.78 Å². The lowest BCUT2D eigenvalue weighted by molar-refractivity contribution is 0.0974. The summed E-state index contributed by atoms with van der Waals surface area (Å²) in [6.07, 6.45) is 5.22. The van der Waals surface area contributed by atoms with E-state index in [-0.39, 0.29) is 17.6 Å². The Bertz CT molecular complexity index is 1800. The Kier molecular flexibility index (Phi) is 6.76.